The molecule has 0 spiro atoms. The van der Waals surface area contributed by atoms with E-state index in [9.17, 15) is 4.79 Å². The quantitative estimate of drug-likeness (QED) is 0.367. The summed E-state index contributed by atoms with van der Waals surface area (Å²) in [6.07, 6.45) is 1.85. The third-order valence-corrected chi connectivity index (χ3v) is 4.19. The second-order valence-electron chi connectivity index (χ2n) is 5.57. The van der Waals surface area contributed by atoms with E-state index in [4.69, 9.17) is 15.7 Å². The van der Waals surface area contributed by atoms with Crippen LogP contribution in [0.5, 0.6) is 5.75 Å². The topological polar surface area (TPSA) is 88.2 Å². The van der Waals surface area contributed by atoms with E-state index in [1.165, 1.54) is 0 Å². The van der Waals surface area contributed by atoms with E-state index >= 15 is 0 Å². The number of likely N-dealkylation sites (tertiary alicyclic amines) is 1. The fourth-order valence-electron chi connectivity index (χ4n) is 3.02. The summed E-state index contributed by atoms with van der Waals surface area (Å²) < 4.78 is 5.74. The standard InChI is InChI=1S/C15H19N3O3/c16-14(17-20)11-5-3-7-18(9-11)15(19)13-8-10-4-1-2-6-12(10)21-13/h1-2,4,6,11,13,20H,3,5,7-9H2,(H2,16,17). The lowest BCUT2D eigenvalue weighted by atomic mass is 9.96. The molecule has 2 heterocycles. The van der Waals surface area contributed by atoms with Gasteiger partial charge in [-0.3, -0.25) is 4.79 Å². The van der Waals surface area contributed by atoms with Crippen LogP contribution in [0.4, 0.5) is 0 Å². The van der Waals surface area contributed by atoms with Gasteiger partial charge >= 0.3 is 0 Å². The van der Waals surface area contributed by atoms with Gasteiger partial charge in [0.25, 0.3) is 5.91 Å². The van der Waals surface area contributed by atoms with Crippen molar-refractivity contribution in [2.24, 2.45) is 16.8 Å². The van der Waals surface area contributed by atoms with Crippen LogP contribution in [0, 0.1) is 5.92 Å². The Balaban J connectivity index is 1.66. The fourth-order valence-corrected chi connectivity index (χ4v) is 3.02. The number of nitrogens with two attached hydrogens (primary N) is 1. The summed E-state index contributed by atoms with van der Waals surface area (Å²) in [4.78, 5) is 14.3. The van der Waals surface area contributed by atoms with E-state index in [0.717, 1.165) is 24.2 Å². The van der Waals surface area contributed by atoms with Crippen molar-refractivity contribution < 1.29 is 14.7 Å². The summed E-state index contributed by atoms with van der Waals surface area (Å²) >= 11 is 0. The largest absolute Gasteiger partial charge is 0.480 e. The molecule has 3 N–H and O–H groups in total. The summed E-state index contributed by atoms with van der Waals surface area (Å²) in [5, 5.41) is 11.8. The highest BCUT2D eigenvalue weighted by molar-refractivity contribution is 5.85. The number of carbonyl (C=O) groups is 1. The Morgan fingerprint density at radius 3 is 3.00 bits per heavy atom. The Hall–Kier alpha value is -2.24. The van der Waals surface area contributed by atoms with E-state index in [-0.39, 0.29) is 17.7 Å². The first-order chi connectivity index (χ1) is 10.2. The number of amides is 1. The molecule has 2 atom stereocenters. The predicted molar refractivity (Wildman–Crippen MR) is 77.3 cm³/mol. The van der Waals surface area contributed by atoms with Crippen LogP contribution in [0.1, 0.15) is 18.4 Å². The van der Waals surface area contributed by atoms with Crippen molar-refractivity contribution >= 4 is 11.7 Å². The molecule has 1 saturated heterocycles. The van der Waals surface area contributed by atoms with Crippen LogP contribution in [0.25, 0.3) is 0 Å². The van der Waals surface area contributed by atoms with Crippen LogP contribution in [0.15, 0.2) is 29.4 Å². The molecule has 2 unspecified atom stereocenters. The van der Waals surface area contributed by atoms with Crippen LogP contribution in [-0.4, -0.2) is 41.0 Å². The van der Waals surface area contributed by atoms with Crippen LogP contribution in [0.3, 0.4) is 0 Å². The highest BCUT2D eigenvalue weighted by Gasteiger charge is 2.35. The molecular formula is C15H19N3O3. The van der Waals surface area contributed by atoms with Crippen LogP contribution in [0.2, 0.25) is 0 Å². The number of fused-ring (bicyclic) bond motifs is 1. The van der Waals surface area contributed by atoms with E-state index in [2.05, 4.69) is 5.16 Å². The number of piperidine rings is 1. The van der Waals surface area contributed by atoms with Crippen LogP contribution >= 0.6 is 0 Å². The number of nitrogens with zero attached hydrogens (tertiary/aromatic N) is 2. The van der Waals surface area contributed by atoms with Crippen molar-refractivity contribution in [3.05, 3.63) is 29.8 Å². The van der Waals surface area contributed by atoms with Crippen molar-refractivity contribution in [3.8, 4) is 5.75 Å². The lowest BCUT2D eigenvalue weighted by Gasteiger charge is -2.33. The van der Waals surface area contributed by atoms with Crippen LogP contribution < -0.4 is 10.5 Å². The number of carbonyl (C=O) groups excluding carboxylic acids is 1. The van der Waals surface area contributed by atoms with Gasteiger partial charge in [0.1, 0.15) is 11.6 Å². The lowest BCUT2D eigenvalue weighted by Crippen LogP contribution is -2.48. The molecule has 0 aliphatic carbocycles. The molecule has 1 fully saturated rings. The average Bonchev–Trinajstić information content (AvgIpc) is 2.97. The van der Waals surface area contributed by atoms with Gasteiger partial charge in [-0.25, -0.2) is 0 Å². The van der Waals surface area contributed by atoms with Gasteiger partial charge in [0, 0.05) is 25.4 Å². The molecule has 1 amide bonds. The summed E-state index contributed by atoms with van der Waals surface area (Å²) in [5.41, 5.74) is 6.73. The molecule has 2 aliphatic heterocycles. The number of benzene rings is 1. The van der Waals surface area contributed by atoms with Crippen molar-refractivity contribution in [1.29, 1.82) is 0 Å². The van der Waals surface area contributed by atoms with E-state index in [0.29, 0.717) is 19.5 Å². The SMILES string of the molecule is NC(=NO)C1CCCN(C(=O)C2Cc3ccccc3O2)C1. The molecule has 2 aliphatic rings. The van der Waals surface area contributed by atoms with Gasteiger partial charge in [-0.1, -0.05) is 23.4 Å². The Kier molecular flexibility index (Phi) is 3.68. The Bertz CT molecular complexity index is 548. The van der Waals surface area contributed by atoms with Gasteiger partial charge < -0.3 is 20.6 Å². The second-order valence-corrected chi connectivity index (χ2v) is 5.57. The van der Waals surface area contributed by atoms with Gasteiger partial charge in [0.2, 0.25) is 0 Å². The molecule has 0 aromatic heterocycles. The first-order valence-electron chi connectivity index (χ1n) is 7.20. The number of para-hydroxylation sites is 1. The molecule has 0 radical (unpaired) electrons. The summed E-state index contributed by atoms with van der Waals surface area (Å²) in [5.74, 6) is 0.905. The molecule has 3 rings (SSSR count). The molecule has 1 aromatic carbocycles. The number of hydrogen-bond donors (Lipinski definition) is 2. The highest BCUT2D eigenvalue weighted by atomic mass is 16.5. The Morgan fingerprint density at radius 1 is 1.43 bits per heavy atom. The zero-order chi connectivity index (χ0) is 14.8. The van der Waals surface area contributed by atoms with Crippen molar-refractivity contribution in [3.63, 3.8) is 0 Å². The minimum absolute atomic E-state index is 0.0124. The number of rotatable bonds is 2. The minimum atomic E-state index is -0.451. The molecule has 112 valence electrons. The van der Waals surface area contributed by atoms with Gasteiger partial charge in [-0.15, -0.1) is 0 Å². The van der Waals surface area contributed by atoms with Gasteiger partial charge in [-0.05, 0) is 24.5 Å². The monoisotopic (exact) mass is 289 g/mol. The van der Waals surface area contributed by atoms with Crippen molar-refractivity contribution in [2.45, 2.75) is 25.4 Å². The minimum Gasteiger partial charge on any atom is -0.480 e. The number of hydrogen-bond acceptors (Lipinski definition) is 4. The number of amidine groups is 1. The molecular weight excluding hydrogens is 270 g/mol. The van der Waals surface area contributed by atoms with Crippen molar-refractivity contribution in [2.75, 3.05) is 13.1 Å². The van der Waals surface area contributed by atoms with Gasteiger partial charge in [-0.2, -0.15) is 0 Å². The third-order valence-electron chi connectivity index (χ3n) is 4.19. The molecule has 0 bridgehead atoms. The molecule has 0 saturated carbocycles. The second kappa shape index (κ2) is 5.63. The van der Waals surface area contributed by atoms with E-state index in [1.54, 1.807) is 4.90 Å². The first-order valence-corrected chi connectivity index (χ1v) is 7.20. The van der Waals surface area contributed by atoms with Gasteiger partial charge in [0.05, 0.1) is 0 Å². The normalized spacial score (nSPS) is 25.3. The summed E-state index contributed by atoms with van der Waals surface area (Å²) in [7, 11) is 0. The number of ether oxygens (including phenoxy) is 1. The Morgan fingerprint density at radius 2 is 2.24 bits per heavy atom. The number of oxime groups is 1. The van der Waals surface area contributed by atoms with E-state index in [1.807, 2.05) is 24.3 Å². The third kappa shape index (κ3) is 2.66. The highest BCUT2D eigenvalue weighted by Crippen LogP contribution is 2.29. The fraction of sp³-hybridized carbons (Fsp3) is 0.467. The molecule has 6 heteroatoms. The van der Waals surface area contributed by atoms with Gasteiger partial charge in [0.15, 0.2) is 6.10 Å². The average molecular weight is 289 g/mol. The first kappa shape index (κ1) is 13.7. The lowest BCUT2D eigenvalue weighted by molar-refractivity contribution is -0.139. The van der Waals surface area contributed by atoms with E-state index < -0.39 is 6.10 Å². The molecule has 1 aromatic rings. The zero-order valence-electron chi connectivity index (χ0n) is 11.7. The zero-order valence-corrected chi connectivity index (χ0v) is 11.7. The molecule has 21 heavy (non-hydrogen) atoms. The van der Waals surface area contributed by atoms with Crippen LogP contribution in [-0.2, 0) is 11.2 Å². The molecule has 6 nitrogen and oxygen atoms in total. The summed E-state index contributed by atoms with van der Waals surface area (Å²) in [6, 6.07) is 7.72. The summed E-state index contributed by atoms with van der Waals surface area (Å²) in [6.45, 7) is 1.19. The maximum absolute atomic E-state index is 12.6. The maximum Gasteiger partial charge on any atom is 0.264 e. The maximum atomic E-state index is 12.6. The Labute approximate surface area is 123 Å². The smallest absolute Gasteiger partial charge is 0.264 e. The van der Waals surface area contributed by atoms with Crippen molar-refractivity contribution in [1.82, 2.24) is 4.90 Å². The predicted octanol–water partition coefficient (Wildman–Crippen LogP) is 0.975.